The maximum Gasteiger partial charge on any atom is 0.323 e. The molecule has 11 heteroatoms. The van der Waals surface area contributed by atoms with Gasteiger partial charge in [0.1, 0.15) is 17.3 Å². The molecule has 0 atom stereocenters. The lowest BCUT2D eigenvalue weighted by Crippen LogP contribution is -2.19. The molecule has 0 fully saturated rings. The van der Waals surface area contributed by atoms with Crippen LogP contribution in [0, 0.1) is 0 Å². The first-order chi connectivity index (χ1) is 18.9. The van der Waals surface area contributed by atoms with Gasteiger partial charge in [0.25, 0.3) is 0 Å². The molecule has 0 saturated heterocycles. The molecule has 0 aliphatic carbocycles. The molecule has 0 radical (unpaired) electrons. The van der Waals surface area contributed by atoms with Gasteiger partial charge in [-0.2, -0.15) is 9.61 Å². The summed E-state index contributed by atoms with van der Waals surface area (Å²) in [5, 5.41) is 14.2. The molecule has 0 saturated carbocycles. The monoisotopic (exact) mass is 606 g/mol. The largest absolute Gasteiger partial charge is 0.497 e. The molecule has 0 aliphatic heterocycles. The van der Waals surface area contributed by atoms with E-state index in [4.69, 9.17) is 26.1 Å². The lowest BCUT2D eigenvalue weighted by atomic mass is 10.1. The summed E-state index contributed by atoms with van der Waals surface area (Å²) in [4.78, 5) is 17.4. The standard InChI is InChI=1S/C28H24BrClN6O3/c1-38-20-11-19(12-21(13-20)39-2)34-28(37)33-18-7-5-6-17(10-18)15-31-26-14-25(22-8-3-4-9-24(22)30)35-27-23(29)16-32-36(26)27/h3-14,16,31H,15H2,1-2H3,(H2,33,34,37). The van der Waals surface area contributed by atoms with E-state index in [9.17, 15) is 4.79 Å². The first-order valence-electron chi connectivity index (χ1n) is 11.9. The van der Waals surface area contributed by atoms with Crippen molar-refractivity contribution in [2.45, 2.75) is 6.54 Å². The summed E-state index contributed by atoms with van der Waals surface area (Å²) in [5.74, 6) is 1.89. The second kappa shape index (κ2) is 11.6. The van der Waals surface area contributed by atoms with Crippen LogP contribution in [0.5, 0.6) is 11.5 Å². The van der Waals surface area contributed by atoms with E-state index in [1.807, 2.05) is 54.6 Å². The van der Waals surface area contributed by atoms with Crippen LogP contribution in [0.4, 0.5) is 22.0 Å². The number of urea groups is 1. The summed E-state index contributed by atoms with van der Waals surface area (Å²) < 4.78 is 13.0. The zero-order chi connectivity index (χ0) is 27.4. The summed E-state index contributed by atoms with van der Waals surface area (Å²) in [6.45, 7) is 0.475. The summed E-state index contributed by atoms with van der Waals surface area (Å²) in [6.07, 6.45) is 1.70. The van der Waals surface area contributed by atoms with Crippen LogP contribution in [0.15, 0.2) is 83.5 Å². The quantitative estimate of drug-likeness (QED) is 0.174. The molecule has 9 nitrogen and oxygen atoms in total. The SMILES string of the molecule is COc1cc(NC(=O)Nc2cccc(CNc3cc(-c4ccccc4Cl)nc4c(Br)cnn34)c2)cc(OC)c1. The van der Waals surface area contributed by atoms with E-state index in [1.165, 1.54) is 0 Å². The average Bonchev–Trinajstić information content (AvgIpc) is 3.32. The summed E-state index contributed by atoms with van der Waals surface area (Å²) in [7, 11) is 3.11. The number of carbonyl (C=O) groups is 1. The van der Waals surface area contributed by atoms with Gasteiger partial charge < -0.3 is 25.4 Å². The molecule has 198 valence electrons. The highest BCUT2D eigenvalue weighted by atomic mass is 79.9. The van der Waals surface area contributed by atoms with Crippen molar-refractivity contribution in [1.29, 1.82) is 0 Å². The van der Waals surface area contributed by atoms with Crippen LogP contribution in [0.25, 0.3) is 16.9 Å². The third kappa shape index (κ3) is 6.08. The highest BCUT2D eigenvalue weighted by molar-refractivity contribution is 9.10. The number of benzene rings is 3. The normalized spacial score (nSPS) is 10.8. The Balaban J connectivity index is 1.32. The van der Waals surface area contributed by atoms with Crippen molar-refractivity contribution in [2.24, 2.45) is 0 Å². The van der Waals surface area contributed by atoms with E-state index in [1.54, 1.807) is 43.1 Å². The van der Waals surface area contributed by atoms with Crippen molar-refractivity contribution in [2.75, 3.05) is 30.2 Å². The number of nitrogens with zero attached hydrogens (tertiary/aromatic N) is 3. The van der Waals surface area contributed by atoms with Crippen LogP contribution in [-0.2, 0) is 6.54 Å². The first-order valence-corrected chi connectivity index (χ1v) is 13.0. The van der Waals surface area contributed by atoms with E-state index >= 15 is 0 Å². The number of rotatable bonds is 8. The Hall–Kier alpha value is -4.28. The Bertz CT molecular complexity index is 1640. The number of carbonyl (C=O) groups excluding carboxylic acids is 1. The summed E-state index contributed by atoms with van der Waals surface area (Å²) in [6, 6.07) is 21.8. The molecule has 2 amide bonds. The second-order valence-electron chi connectivity index (χ2n) is 8.47. The Morgan fingerprint density at radius 1 is 0.949 bits per heavy atom. The molecule has 5 rings (SSSR count). The number of fused-ring (bicyclic) bond motifs is 1. The van der Waals surface area contributed by atoms with E-state index < -0.39 is 6.03 Å². The minimum atomic E-state index is -0.392. The lowest BCUT2D eigenvalue weighted by molar-refractivity contribution is 0.262. The second-order valence-corrected chi connectivity index (χ2v) is 9.73. The van der Waals surface area contributed by atoms with Gasteiger partial charge in [-0.05, 0) is 39.7 Å². The van der Waals surface area contributed by atoms with Crippen LogP contribution in [0.2, 0.25) is 5.02 Å². The molecule has 39 heavy (non-hydrogen) atoms. The fourth-order valence-corrected chi connectivity index (χ4v) is 4.57. The number of ether oxygens (including phenoxy) is 2. The predicted molar refractivity (Wildman–Crippen MR) is 157 cm³/mol. The Labute approximate surface area is 238 Å². The molecule has 2 heterocycles. The summed E-state index contributed by atoms with van der Waals surface area (Å²) >= 11 is 9.97. The van der Waals surface area contributed by atoms with Gasteiger partial charge in [0, 0.05) is 52.8 Å². The number of halogens is 2. The number of nitrogens with one attached hydrogen (secondary N) is 3. The molecular formula is C28H24BrClN6O3. The third-order valence-corrected chi connectivity index (χ3v) is 6.74. The highest BCUT2D eigenvalue weighted by Gasteiger charge is 2.13. The molecule has 2 aromatic heterocycles. The maximum atomic E-state index is 12.7. The van der Waals surface area contributed by atoms with E-state index in [-0.39, 0.29) is 0 Å². The highest BCUT2D eigenvalue weighted by Crippen LogP contribution is 2.31. The van der Waals surface area contributed by atoms with E-state index in [0.717, 1.165) is 27.1 Å². The molecular weight excluding hydrogens is 584 g/mol. The Morgan fingerprint density at radius 3 is 2.44 bits per heavy atom. The zero-order valence-electron chi connectivity index (χ0n) is 21.0. The van der Waals surface area contributed by atoms with Gasteiger partial charge in [-0.25, -0.2) is 9.78 Å². The molecule has 0 aliphatic rings. The number of aromatic nitrogens is 3. The molecule has 3 N–H and O–H groups in total. The van der Waals surface area contributed by atoms with Crippen LogP contribution >= 0.6 is 27.5 Å². The smallest absolute Gasteiger partial charge is 0.323 e. The summed E-state index contributed by atoms with van der Waals surface area (Å²) in [5.41, 5.74) is 4.34. The number of amides is 2. The molecule has 5 aromatic rings. The van der Waals surface area contributed by atoms with E-state index in [2.05, 4.69) is 37.0 Å². The molecule has 0 unspecified atom stereocenters. The van der Waals surface area contributed by atoms with E-state index in [0.29, 0.717) is 40.1 Å². The van der Waals surface area contributed by atoms with Crippen molar-refractivity contribution in [1.82, 2.24) is 14.6 Å². The van der Waals surface area contributed by atoms with Crippen LogP contribution < -0.4 is 25.4 Å². The number of hydrogen-bond acceptors (Lipinski definition) is 6. The first kappa shape index (κ1) is 26.3. The topological polar surface area (TPSA) is 102 Å². The van der Waals surface area contributed by atoms with Gasteiger partial charge in [0.05, 0.1) is 30.6 Å². The van der Waals surface area contributed by atoms with Crippen LogP contribution in [0.1, 0.15) is 5.56 Å². The molecule has 0 spiro atoms. The maximum absolute atomic E-state index is 12.7. The van der Waals surface area contributed by atoms with Crippen LogP contribution in [0.3, 0.4) is 0 Å². The van der Waals surface area contributed by atoms with Gasteiger partial charge in [0.15, 0.2) is 5.65 Å². The van der Waals surface area contributed by atoms with Gasteiger partial charge in [-0.15, -0.1) is 0 Å². The Morgan fingerprint density at radius 2 is 1.69 bits per heavy atom. The van der Waals surface area contributed by atoms with Crippen molar-refractivity contribution in [3.05, 3.63) is 94.1 Å². The predicted octanol–water partition coefficient (Wildman–Crippen LogP) is 7.09. The van der Waals surface area contributed by atoms with Crippen molar-refractivity contribution in [3.8, 4) is 22.8 Å². The van der Waals surface area contributed by atoms with Crippen LogP contribution in [-0.4, -0.2) is 34.8 Å². The lowest BCUT2D eigenvalue weighted by Gasteiger charge is -2.13. The average molecular weight is 608 g/mol. The van der Waals surface area contributed by atoms with Gasteiger partial charge >= 0.3 is 6.03 Å². The number of anilines is 3. The fraction of sp³-hybridized carbons (Fsp3) is 0.107. The van der Waals surface area contributed by atoms with Crippen molar-refractivity contribution >= 4 is 56.4 Å². The van der Waals surface area contributed by atoms with Gasteiger partial charge in [0.2, 0.25) is 0 Å². The molecule has 0 bridgehead atoms. The minimum Gasteiger partial charge on any atom is -0.497 e. The molecule has 3 aromatic carbocycles. The zero-order valence-corrected chi connectivity index (χ0v) is 23.4. The van der Waals surface area contributed by atoms with Crippen molar-refractivity contribution < 1.29 is 14.3 Å². The minimum absolute atomic E-state index is 0.392. The van der Waals surface area contributed by atoms with Gasteiger partial charge in [-0.1, -0.05) is 41.9 Å². The number of hydrogen-bond donors (Lipinski definition) is 3. The number of methoxy groups -OCH3 is 2. The van der Waals surface area contributed by atoms with Gasteiger partial charge in [-0.3, -0.25) is 0 Å². The Kier molecular flexibility index (Phi) is 7.85. The van der Waals surface area contributed by atoms with Crippen molar-refractivity contribution in [3.63, 3.8) is 0 Å². The fourth-order valence-electron chi connectivity index (χ4n) is 3.99. The third-order valence-electron chi connectivity index (χ3n) is 5.85.